The lowest BCUT2D eigenvalue weighted by Gasteiger charge is -2.38. The minimum absolute atomic E-state index is 0.0649. The Morgan fingerprint density at radius 3 is 1.80 bits per heavy atom. The molecule has 1 nitrogen and oxygen atoms in total. The van der Waals surface area contributed by atoms with Gasteiger partial charge in [0.2, 0.25) is 0 Å². The summed E-state index contributed by atoms with van der Waals surface area (Å²) in [6.07, 6.45) is 36.7. The summed E-state index contributed by atoms with van der Waals surface area (Å²) in [5.41, 5.74) is 9.56. The van der Waals surface area contributed by atoms with Gasteiger partial charge >= 0.3 is 0 Å². The molecule has 0 radical (unpaired) electrons. The molecular formula is C40H56O. The van der Waals surface area contributed by atoms with E-state index < -0.39 is 0 Å². The molecule has 0 heterocycles. The lowest BCUT2D eigenvalue weighted by atomic mass is 9.67. The van der Waals surface area contributed by atoms with Crippen molar-refractivity contribution in [2.75, 3.05) is 0 Å². The maximum atomic E-state index is 10.1. The number of hydrogen-bond acceptors (Lipinski definition) is 1. The molecule has 0 amide bonds. The van der Waals surface area contributed by atoms with Crippen LogP contribution in [0.1, 0.15) is 94.9 Å². The van der Waals surface area contributed by atoms with Gasteiger partial charge in [0.25, 0.3) is 0 Å². The molecule has 0 fully saturated rings. The van der Waals surface area contributed by atoms with Gasteiger partial charge in [-0.2, -0.15) is 0 Å². The monoisotopic (exact) mass is 552 g/mol. The molecule has 41 heavy (non-hydrogen) atoms. The smallest absolute Gasteiger partial charge is 0.0729 e. The maximum Gasteiger partial charge on any atom is 0.0729 e. The van der Waals surface area contributed by atoms with Crippen molar-refractivity contribution in [1.29, 1.82) is 0 Å². The average Bonchev–Trinajstić information content (AvgIpc) is 2.84. The fourth-order valence-electron chi connectivity index (χ4n) is 5.97. The highest BCUT2D eigenvalue weighted by Crippen LogP contribution is 2.42. The molecule has 0 aromatic carbocycles. The molecule has 2 atom stereocenters. The van der Waals surface area contributed by atoms with Crippen LogP contribution in [0, 0.1) is 16.7 Å². The normalized spacial score (nSPS) is 25.1. The Balaban J connectivity index is 1.89. The standard InChI is InChI=1S/C40H56O/c1-30(18-13-20-32(3)23-25-37-34(5)22-15-27-39(37,7)8)16-11-12-17-31(2)19-14-21-33(4)24-26-38-35(6)28-36(41)29-40(38,9)10/h11-14,16-21,23-26,28,36,38,41H,15,22,27,29H2,1-10H3/b12-11+,18-13+,19-14+,25-23+,26-24+,30-16+,31-17+,32-20+,33-21+. The van der Waals surface area contributed by atoms with Crippen LogP contribution in [0.15, 0.2) is 130 Å². The minimum atomic E-state index is -0.325. The summed E-state index contributed by atoms with van der Waals surface area (Å²) in [6, 6.07) is 0. The van der Waals surface area contributed by atoms with E-state index in [1.165, 1.54) is 52.7 Å². The summed E-state index contributed by atoms with van der Waals surface area (Å²) < 4.78 is 0. The zero-order chi connectivity index (χ0) is 30.6. The van der Waals surface area contributed by atoms with E-state index in [2.05, 4.69) is 154 Å². The zero-order valence-corrected chi connectivity index (χ0v) is 27.6. The summed E-state index contributed by atoms with van der Waals surface area (Å²) in [5, 5.41) is 10.1. The lowest BCUT2D eigenvalue weighted by molar-refractivity contribution is 0.117. The van der Waals surface area contributed by atoms with Crippen molar-refractivity contribution in [2.24, 2.45) is 16.7 Å². The molecule has 1 heteroatoms. The van der Waals surface area contributed by atoms with Crippen LogP contribution >= 0.6 is 0 Å². The van der Waals surface area contributed by atoms with E-state index in [9.17, 15) is 5.11 Å². The van der Waals surface area contributed by atoms with Gasteiger partial charge in [0, 0.05) is 5.92 Å². The summed E-state index contributed by atoms with van der Waals surface area (Å²) in [4.78, 5) is 0. The van der Waals surface area contributed by atoms with Gasteiger partial charge in [0.15, 0.2) is 0 Å². The molecular weight excluding hydrogens is 496 g/mol. The first-order valence-corrected chi connectivity index (χ1v) is 15.4. The van der Waals surface area contributed by atoms with E-state index in [0.29, 0.717) is 5.92 Å². The largest absolute Gasteiger partial charge is 0.389 e. The van der Waals surface area contributed by atoms with Gasteiger partial charge in [-0.05, 0) is 83.6 Å². The van der Waals surface area contributed by atoms with Crippen LogP contribution in [-0.4, -0.2) is 11.2 Å². The summed E-state index contributed by atoms with van der Waals surface area (Å²) in [6.45, 7) is 22.2. The maximum absolute atomic E-state index is 10.1. The third kappa shape index (κ3) is 11.9. The zero-order valence-electron chi connectivity index (χ0n) is 27.6. The van der Waals surface area contributed by atoms with Crippen LogP contribution in [0.25, 0.3) is 0 Å². The van der Waals surface area contributed by atoms with E-state index in [1.54, 1.807) is 5.57 Å². The molecule has 222 valence electrons. The molecule has 0 spiro atoms. The highest BCUT2D eigenvalue weighted by Gasteiger charge is 2.34. The Labute approximate surface area is 252 Å². The minimum Gasteiger partial charge on any atom is -0.389 e. The number of aliphatic hydroxyl groups is 1. The second kappa shape index (κ2) is 15.9. The van der Waals surface area contributed by atoms with Gasteiger partial charge in [-0.1, -0.05) is 152 Å². The van der Waals surface area contributed by atoms with Crippen LogP contribution in [-0.2, 0) is 0 Å². The number of allylic oxidation sites excluding steroid dienone is 21. The van der Waals surface area contributed by atoms with E-state index in [4.69, 9.17) is 0 Å². The van der Waals surface area contributed by atoms with Gasteiger partial charge in [-0.15, -0.1) is 0 Å². The first-order chi connectivity index (χ1) is 19.2. The molecule has 0 bridgehead atoms. The highest BCUT2D eigenvalue weighted by atomic mass is 16.3. The molecule has 0 aliphatic heterocycles. The molecule has 0 saturated carbocycles. The van der Waals surface area contributed by atoms with Crippen LogP contribution in [0.4, 0.5) is 0 Å². The molecule has 0 saturated heterocycles. The van der Waals surface area contributed by atoms with Gasteiger partial charge in [-0.3, -0.25) is 0 Å². The Morgan fingerprint density at radius 1 is 0.756 bits per heavy atom. The van der Waals surface area contributed by atoms with Crippen molar-refractivity contribution in [2.45, 2.75) is 101 Å². The third-order valence-electron chi connectivity index (χ3n) is 8.40. The van der Waals surface area contributed by atoms with Crippen molar-refractivity contribution >= 4 is 0 Å². The first kappa shape index (κ1) is 34.3. The second-order valence-corrected chi connectivity index (χ2v) is 13.5. The Hall–Kier alpha value is -2.90. The van der Waals surface area contributed by atoms with Gasteiger partial charge < -0.3 is 5.11 Å². The first-order valence-electron chi connectivity index (χ1n) is 15.4. The summed E-state index contributed by atoms with van der Waals surface area (Å²) in [7, 11) is 0. The Morgan fingerprint density at radius 2 is 1.27 bits per heavy atom. The van der Waals surface area contributed by atoms with Crippen molar-refractivity contribution in [1.82, 2.24) is 0 Å². The Bertz CT molecular complexity index is 1240. The number of hydrogen-bond donors (Lipinski definition) is 1. The van der Waals surface area contributed by atoms with E-state index >= 15 is 0 Å². The number of aliphatic hydroxyl groups excluding tert-OH is 1. The lowest BCUT2D eigenvalue weighted by Crippen LogP contribution is -2.32. The molecule has 2 rings (SSSR count). The summed E-state index contributed by atoms with van der Waals surface area (Å²) in [5.74, 6) is 0.356. The van der Waals surface area contributed by atoms with Crippen molar-refractivity contribution in [3.63, 3.8) is 0 Å². The van der Waals surface area contributed by atoms with E-state index in [-0.39, 0.29) is 16.9 Å². The van der Waals surface area contributed by atoms with Crippen LogP contribution < -0.4 is 0 Å². The van der Waals surface area contributed by atoms with Crippen molar-refractivity contribution in [3.05, 3.63) is 130 Å². The fourth-order valence-corrected chi connectivity index (χ4v) is 5.97. The van der Waals surface area contributed by atoms with E-state index in [0.717, 1.165) is 6.42 Å². The molecule has 2 unspecified atom stereocenters. The molecule has 2 aliphatic carbocycles. The van der Waals surface area contributed by atoms with Crippen LogP contribution in [0.2, 0.25) is 0 Å². The third-order valence-corrected chi connectivity index (χ3v) is 8.40. The van der Waals surface area contributed by atoms with E-state index in [1.807, 2.05) is 6.08 Å². The highest BCUT2D eigenvalue weighted by molar-refractivity contribution is 5.37. The van der Waals surface area contributed by atoms with Crippen molar-refractivity contribution in [3.8, 4) is 0 Å². The number of rotatable bonds is 10. The van der Waals surface area contributed by atoms with Crippen molar-refractivity contribution < 1.29 is 5.11 Å². The predicted molar refractivity (Wildman–Crippen MR) is 183 cm³/mol. The predicted octanol–water partition coefficient (Wildman–Crippen LogP) is 11.4. The van der Waals surface area contributed by atoms with Gasteiger partial charge in [-0.25, -0.2) is 0 Å². The SMILES string of the molecule is CC1=CC(O)CC(C)(C)C1/C=C/C(C)=C/C=C/C(C)=C/C=C/C=C(C)/C=C/C=C(C)/C=C/C1=C(C)CCCC1(C)C. The molecule has 0 aromatic rings. The topological polar surface area (TPSA) is 20.2 Å². The van der Waals surface area contributed by atoms with Gasteiger partial charge in [0.05, 0.1) is 6.10 Å². The average molecular weight is 553 g/mol. The molecule has 0 aromatic heterocycles. The molecule has 1 N–H and O–H groups in total. The van der Waals surface area contributed by atoms with Crippen LogP contribution in [0.3, 0.4) is 0 Å². The van der Waals surface area contributed by atoms with Gasteiger partial charge in [0.1, 0.15) is 0 Å². The Kier molecular flexibility index (Phi) is 13.3. The summed E-state index contributed by atoms with van der Waals surface area (Å²) >= 11 is 0. The van der Waals surface area contributed by atoms with Crippen LogP contribution in [0.5, 0.6) is 0 Å². The molecule has 2 aliphatic rings. The second-order valence-electron chi connectivity index (χ2n) is 13.5. The fraction of sp³-hybridized carbons (Fsp3) is 0.450. The quantitative estimate of drug-likeness (QED) is 0.211.